The molecule has 0 aliphatic rings. The number of benzene rings is 1. The average Bonchev–Trinajstić information content (AvgIpc) is 2.71. The molecule has 0 fully saturated rings. The van der Waals surface area contributed by atoms with Crippen LogP contribution in [0.4, 0.5) is 26.9 Å². The van der Waals surface area contributed by atoms with E-state index in [-0.39, 0.29) is 5.82 Å². The average molecular weight is 485 g/mol. The van der Waals surface area contributed by atoms with Gasteiger partial charge in [-0.05, 0) is 77.3 Å². The Morgan fingerprint density at radius 2 is 1.50 bits per heavy atom. The number of anilines is 3. The van der Waals surface area contributed by atoms with Crippen LogP contribution in [0.5, 0.6) is 0 Å². The Morgan fingerprint density at radius 3 is 2.03 bits per heavy atom. The number of pyridine rings is 2. The van der Waals surface area contributed by atoms with Crippen molar-refractivity contribution in [2.75, 3.05) is 16.8 Å². The van der Waals surface area contributed by atoms with E-state index in [1.54, 1.807) is 66.1 Å². The lowest BCUT2D eigenvalue weighted by Crippen LogP contribution is -2.44. The van der Waals surface area contributed by atoms with Crippen LogP contribution in [0.15, 0.2) is 48.8 Å². The molecule has 0 bridgehead atoms. The number of amides is 2. The second-order valence-electron chi connectivity index (χ2n) is 9.73. The third kappa shape index (κ3) is 6.14. The van der Waals surface area contributed by atoms with E-state index in [2.05, 4.69) is 9.97 Å². The molecule has 2 heterocycles. The Bertz CT molecular complexity index is 1170. The third-order valence-corrected chi connectivity index (χ3v) is 4.76. The van der Waals surface area contributed by atoms with Crippen molar-refractivity contribution in [2.45, 2.75) is 52.7 Å². The fraction of sp³-hybridized carbons (Fsp3) is 0.360. The van der Waals surface area contributed by atoms with Crippen molar-refractivity contribution < 1.29 is 19.1 Å². The van der Waals surface area contributed by atoms with Crippen LogP contribution in [0.2, 0.25) is 5.02 Å². The van der Waals surface area contributed by atoms with E-state index in [0.29, 0.717) is 16.5 Å². The highest BCUT2D eigenvalue weighted by molar-refractivity contribution is 6.31. The summed E-state index contributed by atoms with van der Waals surface area (Å²) >= 11 is 6.20. The van der Waals surface area contributed by atoms with Gasteiger partial charge >= 0.3 is 12.2 Å². The van der Waals surface area contributed by atoms with Crippen LogP contribution in [0.1, 0.15) is 41.5 Å². The molecule has 0 N–H and O–H groups in total. The van der Waals surface area contributed by atoms with Crippen LogP contribution in [0, 0.1) is 0 Å². The van der Waals surface area contributed by atoms with Gasteiger partial charge in [0.1, 0.15) is 22.8 Å². The predicted molar refractivity (Wildman–Crippen MR) is 134 cm³/mol. The van der Waals surface area contributed by atoms with Gasteiger partial charge in [0.15, 0.2) is 0 Å². The highest BCUT2D eigenvalue weighted by atomic mass is 35.5. The minimum Gasteiger partial charge on any atom is -0.443 e. The van der Waals surface area contributed by atoms with Gasteiger partial charge in [0.05, 0.1) is 11.9 Å². The zero-order chi connectivity index (χ0) is 25.3. The molecule has 0 atom stereocenters. The van der Waals surface area contributed by atoms with E-state index in [9.17, 15) is 9.59 Å². The second kappa shape index (κ2) is 9.46. The van der Waals surface area contributed by atoms with Crippen molar-refractivity contribution in [3.05, 3.63) is 53.8 Å². The Hall–Kier alpha value is -3.39. The van der Waals surface area contributed by atoms with Gasteiger partial charge in [-0.2, -0.15) is 4.90 Å². The van der Waals surface area contributed by atoms with Crippen LogP contribution in [-0.4, -0.2) is 40.4 Å². The third-order valence-electron chi connectivity index (χ3n) is 4.53. The summed E-state index contributed by atoms with van der Waals surface area (Å²) in [6.45, 7) is 10.3. The van der Waals surface area contributed by atoms with Crippen LogP contribution in [0.25, 0.3) is 10.8 Å². The minimum absolute atomic E-state index is 0.0783. The number of fused-ring (bicyclic) bond motifs is 1. The molecule has 180 valence electrons. The highest BCUT2D eigenvalue weighted by Crippen LogP contribution is 2.31. The van der Waals surface area contributed by atoms with E-state index in [4.69, 9.17) is 21.1 Å². The first kappa shape index (κ1) is 25.2. The molecule has 3 aromatic rings. The van der Waals surface area contributed by atoms with E-state index < -0.39 is 23.4 Å². The number of halogens is 1. The number of rotatable bonds is 3. The summed E-state index contributed by atoms with van der Waals surface area (Å²) in [7, 11) is 1.85. The monoisotopic (exact) mass is 484 g/mol. The first-order chi connectivity index (χ1) is 15.7. The fourth-order valence-electron chi connectivity index (χ4n) is 3.10. The normalized spacial score (nSPS) is 11.8. The van der Waals surface area contributed by atoms with Gasteiger partial charge in [-0.3, -0.25) is 0 Å². The van der Waals surface area contributed by atoms with Crippen LogP contribution < -0.4 is 9.80 Å². The van der Waals surface area contributed by atoms with Gasteiger partial charge in [0.2, 0.25) is 0 Å². The number of nitrogens with zero attached hydrogens (tertiary/aromatic N) is 4. The number of carbonyl (C=O) groups excluding carboxylic acids is 2. The molecule has 0 aliphatic carbocycles. The number of hydrogen-bond acceptors (Lipinski definition) is 7. The molecular weight excluding hydrogens is 456 g/mol. The van der Waals surface area contributed by atoms with E-state index >= 15 is 0 Å². The molecule has 1 aromatic carbocycles. The van der Waals surface area contributed by atoms with E-state index in [1.807, 2.05) is 36.2 Å². The smallest absolute Gasteiger partial charge is 0.425 e. The largest absolute Gasteiger partial charge is 0.443 e. The molecule has 2 amide bonds. The Kier molecular flexibility index (Phi) is 7.02. The zero-order valence-corrected chi connectivity index (χ0v) is 21.2. The molecule has 0 aliphatic heterocycles. The molecular formula is C25H29ClN4O4. The summed E-state index contributed by atoms with van der Waals surface area (Å²) in [6.07, 6.45) is 1.51. The number of imide groups is 1. The van der Waals surface area contributed by atoms with Crippen molar-refractivity contribution >= 4 is 51.9 Å². The summed E-state index contributed by atoms with van der Waals surface area (Å²) in [5, 5.41) is 2.48. The summed E-state index contributed by atoms with van der Waals surface area (Å²) in [5.74, 6) is 0.764. The first-order valence-electron chi connectivity index (χ1n) is 10.8. The van der Waals surface area contributed by atoms with Crippen molar-refractivity contribution in [3.63, 3.8) is 0 Å². The van der Waals surface area contributed by atoms with Gasteiger partial charge < -0.3 is 14.4 Å². The second-order valence-corrected chi connectivity index (χ2v) is 10.2. The van der Waals surface area contributed by atoms with Crippen LogP contribution >= 0.6 is 11.6 Å². The van der Waals surface area contributed by atoms with Crippen molar-refractivity contribution in [3.8, 4) is 0 Å². The molecule has 2 aromatic heterocycles. The molecule has 9 heteroatoms. The molecule has 0 saturated heterocycles. The summed E-state index contributed by atoms with van der Waals surface area (Å²) in [6, 6.07) is 10.8. The van der Waals surface area contributed by atoms with Gasteiger partial charge in [0.25, 0.3) is 0 Å². The fourth-order valence-corrected chi connectivity index (χ4v) is 3.27. The summed E-state index contributed by atoms with van der Waals surface area (Å²) in [4.78, 5) is 37.2. The van der Waals surface area contributed by atoms with Crippen molar-refractivity contribution in [1.29, 1.82) is 0 Å². The molecule has 0 saturated carbocycles. The standard InChI is InChI=1S/C25H29ClN4O4/c1-24(2,3)33-22(31)30(23(32)34-25(4,5)6)20-11-10-18(15-28-20)29(7)21-19-14-17(26)9-8-16(19)12-13-27-21/h8-15H,1-7H3. The van der Waals surface area contributed by atoms with Gasteiger partial charge in [0, 0.05) is 23.7 Å². The molecule has 0 spiro atoms. The lowest BCUT2D eigenvalue weighted by atomic mass is 10.1. The molecule has 8 nitrogen and oxygen atoms in total. The van der Waals surface area contributed by atoms with Crippen LogP contribution in [-0.2, 0) is 9.47 Å². The van der Waals surface area contributed by atoms with E-state index in [1.165, 1.54) is 0 Å². The number of carbonyl (C=O) groups is 2. The summed E-state index contributed by atoms with van der Waals surface area (Å²) < 4.78 is 10.8. The summed E-state index contributed by atoms with van der Waals surface area (Å²) in [5.41, 5.74) is -0.922. The highest BCUT2D eigenvalue weighted by Gasteiger charge is 2.33. The maximum absolute atomic E-state index is 12.8. The van der Waals surface area contributed by atoms with Gasteiger partial charge in [-0.25, -0.2) is 19.6 Å². The molecule has 0 radical (unpaired) electrons. The maximum Gasteiger partial charge on any atom is 0.425 e. The van der Waals surface area contributed by atoms with Crippen molar-refractivity contribution in [2.24, 2.45) is 0 Å². The SMILES string of the molecule is CN(c1ccc(N(C(=O)OC(C)(C)C)C(=O)OC(C)(C)C)nc1)c1nccc2ccc(Cl)cc12. The quantitative estimate of drug-likeness (QED) is 0.407. The molecule has 34 heavy (non-hydrogen) atoms. The van der Waals surface area contributed by atoms with Gasteiger partial charge in [-0.1, -0.05) is 17.7 Å². The first-order valence-corrected chi connectivity index (χ1v) is 11.1. The minimum atomic E-state index is -0.874. The Morgan fingerprint density at radius 1 is 0.882 bits per heavy atom. The lowest BCUT2D eigenvalue weighted by Gasteiger charge is -2.28. The predicted octanol–water partition coefficient (Wildman–Crippen LogP) is 6.73. The molecule has 3 rings (SSSR count). The zero-order valence-electron chi connectivity index (χ0n) is 20.4. The number of aromatic nitrogens is 2. The number of hydrogen-bond donors (Lipinski definition) is 0. The number of ether oxygens (including phenoxy) is 2. The Balaban J connectivity index is 1.95. The van der Waals surface area contributed by atoms with Gasteiger partial charge in [-0.15, -0.1) is 0 Å². The topological polar surface area (TPSA) is 84.9 Å². The van der Waals surface area contributed by atoms with Crippen LogP contribution in [0.3, 0.4) is 0 Å². The lowest BCUT2D eigenvalue weighted by molar-refractivity contribution is 0.0429. The molecule has 0 unspecified atom stereocenters. The van der Waals surface area contributed by atoms with Crippen molar-refractivity contribution in [1.82, 2.24) is 9.97 Å². The Labute approximate surface area is 204 Å². The van der Waals surface area contributed by atoms with E-state index in [0.717, 1.165) is 15.7 Å². The maximum atomic E-state index is 12.8.